The highest BCUT2D eigenvalue weighted by molar-refractivity contribution is 6.04. The smallest absolute Gasteiger partial charge is 0.275 e. The molecule has 0 atom stereocenters. The van der Waals surface area contributed by atoms with E-state index in [0.29, 0.717) is 17.7 Å². The number of nitrogens with one attached hydrogen (secondary N) is 1. The lowest BCUT2D eigenvalue weighted by molar-refractivity contribution is 0.102. The van der Waals surface area contributed by atoms with Gasteiger partial charge in [0.1, 0.15) is 5.69 Å². The van der Waals surface area contributed by atoms with E-state index < -0.39 is 0 Å². The molecular weight excluding hydrogens is 268 g/mol. The fourth-order valence-corrected chi connectivity index (χ4v) is 1.69. The van der Waals surface area contributed by atoms with E-state index in [1.165, 1.54) is 0 Å². The fourth-order valence-electron chi connectivity index (χ4n) is 1.69. The molecule has 0 spiro atoms. The van der Waals surface area contributed by atoms with Gasteiger partial charge in [0, 0.05) is 25.4 Å². The number of anilines is 1. The van der Waals surface area contributed by atoms with Gasteiger partial charge in [0.2, 0.25) is 0 Å². The summed E-state index contributed by atoms with van der Waals surface area (Å²) in [4.78, 5) is 16.3. The lowest BCUT2D eigenvalue weighted by Gasteiger charge is -2.03. The Morgan fingerprint density at radius 2 is 2.38 bits per heavy atom. The Balaban J connectivity index is 2.17. The number of aliphatic hydroxyl groups excluding tert-OH is 1. The van der Waals surface area contributed by atoms with E-state index >= 15 is 0 Å². The number of carbonyl (C=O) groups excluding carboxylic acids is 1. The van der Waals surface area contributed by atoms with Crippen molar-refractivity contribution in [2.45, 2.75) is 19.9 Å². The highest BCUT2D eigenvalue weighted by Gasteiger charge is 2.12. The van der Waals surface area contributed by atoms with Crippen LogP contribution in [-0.4, -0.2) is 32.4 Å². The van der Waals surface area contributed by atoms with Gasteiger partial charge in [-0.25, -0.2) is 4.98 Å². The molecule has 2 aromatic heterocycles. The van der Waals surface area contributed by atoms with Crippen LogP contribution in [0.5, 0.6) is 0 Å². The molecule has 2 N–H and O–H groups in total. The minimum absolute atomic E-state index is 0.00893. The van der Waals surface area contributed by atoms with Crippen molar-refractivity contribution in [3.05, 3.63) is 42.0 Å². The second-order valence-corrected chi connectivity index (χ2v) is 4.21. The van der Waals surface area contributed by atoms with Crippen molar-refractivity contribution in [1.82, 2.24) is 14.8 Å². The van der Waals surface area contributed by atoms with E-state index in [2.05, 4.69) is 27.2 Å². The summed E-state index contributed by atoms with van der Waals surface area (Å²) in [6, 6.07) is 3.44. The Labute approximate surface area is 122 Å². The topological polar surface area (TPSA) is 80.0 Å². The number of aromatic nitrogens is 3. The first-order chi connectivity index (χ1) is 10.2. The molecule has 2 aromatic rings. The van der Waals surface area contributed by atoms with Crippen LogP contribution in [0.1, 0.15) is 29.4 Å². The number of amides is 1. The number of aliphatic hydroxyl groups is 1. The highest BCUT2D eigenvalue weighted by atomic mass is 16.2. The molecule has 6 heteroatoms. The summed E-state index contributed by atoms with van der Waals surface area (Å²) in [7, 11) is 0. The van der Waals surface area contributed by atoms with E-state index in [1.807, 2.05) is 6.92 Å². The van der Waals surface area contributed by atoms with Gasteiger partial charge in [0.05, 0.1) is 24.1 Å². The number of rotatable bonds is 4. The average molecular weight is 284 g/mol. The van der Waals surface area contributed by atoms with Crippen LogP contribution in [-0.2, 0) is 6.54 Å². The monoisotopic (exact) mass is 284 g/mol. The van der Waals surface area contributed by atoms with Gasteiger partial charge in [-0.1, -0.05) is 11.8 Å². The van der Waals surface area contributed by atoms with E-state index in [1.54, 1.807) is 35.4 Å². The molecule has 21 heavy (non-hydrogen) atoms. The van der Waals surface area contributed by atoms with Crippen molar-refractivity contribution in [2.75, 3.05) is 11.9 Å². The zero-order chi connectivity index (χ0) is 15.1. The van der Waals surface area contributed by atoms with Crippen LogP contribution in [0.4, 0.5) is 5.69 Å². The molecule has 0 aliphatic rings. The zero-order valence-corrected chi connectivity index (χ0v) is 11.7. The normalized spacial score (nSPS) is 9.81. The third-order valence-corrected chi connectivity index (χ3v) is 2.70. The van der Waals surface area contributed by atoms with Crippen LogP contribution >= 0.6 is 0 Å². The van der Waals surface area contributed by atoms with Crippen molar-refractivity contribution in [1.29, 1.82) is 0 Å². The van der Waals surface area contributed by atoms with Crippen LogP contribution < -0.4 is 5.32 Å². The maximum absolute atomic E-state index is 12.2. The van der Waals surface area contributed by atoms with E-state index in [-0.39, 0.29) is 18.2 Å². The molecule has 0 radical (unpaired) electrons. The summed E-state index contributed by atoms with van der Waals surface area (Å²) in [5.74, 6) is 5.30. The van der Waals surface area contributed by atoms with E-state index in [0.717, 1.165) is 6.54 Å². The van der Waals surface area contributed by atoms with Crippen molar-refractivity contribution in [3.8, 4) is 11.8 Å². The molecule has 0 unspecified atom stereocenters. The fraction of sp³-hybridized carbons (Fsp3) is 0.267. The minimum atomic E-state index is -0.334. The summed E-state index contributed by atoms with van der Waals surface area (Å²) in [5.41, 5.74) is 1.40. The first-order valence-corrected chi connectivity index (χ1v) is 6.63. The molecule has 0 saturated carbocycles. The first kappa shape index (κ1) is 14.8. The quantitative estimate of drug-likeness (QED) is 0.829. The highest BCUT2D eigenvalue weighted by Crippen LogP contribution is 2.10. The SMILES string of the molecule is CCn1cc(NC(=O)c2ncccc2C#CCCO)cn1. The molecule has 0 saturated heterocycles. The summed E-state index contributed by atoms with van der Waals surface area (Å²) >= 11 is 0. The molecule has 0 fully saturated rings. The maximum Gasteiger partial charge on any atom is 0.275 e. The van der Waals surface area contributed by atoms with Crippen LogP contribution in [0, 0.1) is 11.8 Å². The number of hydrogen-bond donors (Lipinski definition) is 2. The van der Waals surface area contributed by atoms with Gasteiger partial charge in [0.25, 0.3) is 5.91 Å². The Kier molecular flexibility index (Phi) is 5.07. The summed E-state index contributed by atoms with van der Waals surface area (Å²) < 4.78 is 1.72. The molecular formula is C15H16N4O2. The largest absolute Gasteiger partial charge is 0.395 e. The lowest BCUT2D eigenvalue weighted by atomic mass is 10.2. The summed E-state index contributed by atoms with van der Waals surface area (Å²) in [5, 5.41) is 15.6. The van der Waals surface area contributed by atoms with Crippen LogP contribution in [0.15, 0.2) is 30.7 Å². The first-order valence-electron chi connectivity index (χ1n) is 6.63. The molecule has 2 rings (SSSR count). The molecule has 1 amide bonds. The second-order valence-electron chi connectivity index (χ2n) is 4.21. The van der Waals surface area contributed by atoms with Gasteiger partial charge < -0.3 is 10.4 Å². The third-order valence-electron chi connectivity index (χ3n) is 2.70. The van der Waals surface area contributed by atoms with Gasteiger partial charge in [-0.2, -0.15) is 5.10 Å². The summed E-state index contributed by atoms with van der Waals surface area (Å²) in [6.07, 6.45) is 5.24. The Morgan fingerprint density at radius 3 is 3.10 bits per heavy atom. The van der Waals surface area contributed by atoms with Gasteiger partial charge in [-0.05, 0) is 19.1 Å². The van der Waals surface area contributed by atoms with Gasteiger partial charge in [-0.15, -0.1) is 0 Å². The number of carbonyl (C=O) groups is 1. The lowest BCUT2D eigenvalue weighted by Crippen LogP contribution is -2.15. The van der Waals surface area contributed by atoms with Gasteiger partial charge in [-0.3, -0.25) is 9.48 Å². The molecule has 0 aromatic carbocycles. The predicted molar refractivity (Wildman–Crippen MR) is 78.7 cm³/mol. The van der Waals surface area contributed by atoms with Crippen LogP contribution in [0.25, 0.3) is 0 Å². The van der Waals surface area contributed by atoms with E-state index in [9.17, 15) is 4.79 Å². The van der Waals surface area contributed by atoms with Gasteiger partial charge in [0.15, 0.2) is 0 Å². The van der Waals surface area contributed by atoms with Crippen LogP contribution in [0.3, 0.4) is 0 Å². The van der Waals surface area contributed by atoms with Crippen molar-refractivity contribution in [3.63, 3.8) is 0 Å². The third kappa shape index (κ3) is 3.91. The van der Waals surface area contributed by atoms with E-state index in [4.69, 9.17) is 5.11 Å². The Morgan fingerprint density at radius 1 is 1.52 bits per heavy atom. The predicted octanol–water partition coefficient (Wildman–Crippen LogP) is 1.28. The molecule has 0 bridgehead atoms. The standard InChI is InChI=1S/C15H16N4O2/c1-2-19-11-13(10-17-19)18-15(21)14-12(6-3-4-9-20)7-5-8-16-14/h5,7-8,10-11,20H,2,4,9H2,1H3,(H,18,21). The van der Waals surface area contributed by atoms with Crippen LogP contribution in [0.2, 0.25) is 0 Å². The average Bonchev–Trinajstić information content (AvgIpc) is 2.95. The summed E-state index contributed by atoms with van der Waals surface area (Å²) in [6.45, 7) is 2.69. The number of nitrogens with zero attached hydrogens (tertiary/aromatic N) is 3. The van der Waals surface area contributed by atoms with Gasteiger partial charge >= 0.3 is 0 Å². The van der Waals surface area contributed by atoms with Crippen molar-refractivity contribution < 1.29 is 9.90 Å². The molecule has 0 aliphatic carbocycles. The van der Waals surface area contributed by atoms with Crippen molar-refractivity contribution in [2.24, 2.45) is 0 Å². The molecule has 2 heterocycles. The Hall–Kier alpha value is -2.65. The minimum Gasteiger partial charge on any atom is -0.395 e. The Bertz CT molecular complexity index is 682. The zero-order valence-electron chi connectivity index (χ0n) is 11.7. The molecule has 108 valence electrons. The number of hydrogen-bond acceptors (Lipinski definition) is 4. The number of pyridine rings is 1. The second kappa shape index (κ2) is 7.22. The molecule has 0 aliphatic heterocycles. The molecule has 6 nitrogen and oxygen atoms in total. The van der Waals surface area contributed by atoms with Crippen molar-refractivity contribution >= 4 is 11.6 Å². The maximum atomic E-state index is 12.2. The number of aryl methyl sites for hydroxylation is 1.